The van der Waals surface area contributed by atoms with Gasteiger partial charge in [-0.15, -0.1) is 0 Å². The Hall–Kier alpha value is -4.39. The lowest BCUT2D eigenvalue weighted by Gasteiger charge is -2.42. The van der Waals surface area contributed by atoms with Crippen LogP contribution in [0.2, 0.25) is 0 Å². The first-order valence-electron chi connectivity index (χ1n) is 17.3. The number of hydrogen-bond donors (Lipinski definition) is 3. The summed E-state index contributed by atoms with van der Waals surface area (Å²) in [5.41, 5.74) is 5.01. The van der Waals surface area contributed by atoms with Gasteiger partial charge < -0.3 is 20.7 Å². The Kier molecular flexibility index (Phi) is 14.3. The van der Waals surface area contributed by atoms with Gasteiger partial charge in [0.25, 0.3) is 5.91 Å². The van der Waals surface area contributed by atoms with E-state index in [2.05, 4.69) is 10.0 Å². The number of amides is 4. The van der Waals surface area contributed by atoms with Gasteiger partial charge in [-0.25, -0.2) is 17.9 Å². The van der Waals surface area contributed by atoms with E-state index in [9.17, 15) is 27.6 Å². The first-order chi connectivity index (χ1) is 23.7. The van der Waals surface area contributed by atoms with Crippen LogP contribution in [0.5, 0.6) is 0 Å². The molecule has 0 saturated heterocycles. The number of nitrogens with one attached hydrogen (secondary N) is 2. The quantitative estimate of drug-likeness (QED) is 0.182. The minimum Gasteiger partial charge on any atom is -0.444 e. The third kappa shape index (κ3) is 12.1. The standard InChI is InChI=1S/C39H59N5O7S/c1-25(2)30(23-26(3)33(45)42-52(49,50)24-27-19-21-29(40)22-20-27)43(12)35(47)31(37(4,5)6)41-34(46)32(44(13)36(48)51-38(7,8)9)39(10,11)28-17-15-14-16-18-28/h14-23,25,30-32H,24,40H2,1-13H3,(H,41,46)(H,42,45)/b26-23+. The van der Waals surface area contributed by atoms with Crippen LogP contribution in [0.3, 0.4) is 0 Å². The van der Waals surface area contributed by atoms with E-state index in [4.69, 9.17) is 10.5 Å². The zero-order chi connectivity index (χ0) is 40.0. The van der Waals surface area contributed by atoms with E-state index in [0.717, 1.165) is 5.56 Å². The van der Waals surface area contributed by atoms with Gasteiger partial charge in [-0.3, -0.25) is 19.3 Å². The molecule has 2 aromatic carbocycles. The normalized spacial score (nSPS) is 14.5. The number of likely N-dealkylation sites (N-methyl/N-ethyl adjacent to an activating group) is 2. The second-order valence-electron chi connectivity index (χ2n) is 16.4. The van der Waals surface area contributed by atoms with Gasteiger partial charge in [0.1, 0.15) is 17.7 Å². The molecule has 0 radical (unpaired) electrons. The third-order valence-corrected chi connectivity index (χ3v) is 9.97. The van der Waals surface area contributed by atoms with Crippen LogP contribution in [0.25, 0.3) is 0 Å². The number of anilines is 1. The smallest absolute Gasteiger partial charge is 0.410 e. The Morgan fingerprint density at radius 1 is 0.865 bits per heavy atom. The zero-order valence-corrected chi connectivity index (χ0v) is 33.8. The highest BCUT2D eigenvalue weighted by Crippen LogP contribution is 2.32. The maximum atomic E-state index is 14.5. The minimum absolute atomic E-state index is 0.0965. The highest BCUT2D eigenvalue weighted by Gasteiger charge is 2.46. The van der Waals surface area contributed by atoms with Crippen LogP contribution < -0.4 is 15.8 Å². The molecule has 4 amide bonds. The molecule has 0 aromatic heterocycles. The van der Waals surface area contributed by atoms with Crippen molar-refractivity contribution in [2.45, 2.75) is 111 Å². The topological polar surface area (TPSA) is 168 Å². The lowest BCUT2D eigenvalue weighted by atomic mass is 9.76. The molecule has 0 spiro atoms. The molecule has 3 atom stereocenters. The number of nitrogens with zero attached hydrogens (tertiary/aromatic N) is 2. The molecule has 288 valence electrons. The third-order valence-electron chi connectivity index (χ3n) is 8.76. The highest BCUT2D eigenvalue weighted by molar-refractivity contribution is 7.89. The van der Waals surface area contributed by atoms with E-state index in [-0.39, 0.29) is 11.5 Å². The van der Waals surface area contributed by atoms with Crippen LogP contribution >= 0.6 is 0 Å². The fourth-order valence-electron chi connectivity index (χ4n) is 5.85. The largest absolute Gasteiger partial charge is 0.444 e. The van der Waals surface area contributed by atoms with Gasteiger partial charge in [0.05, 0.1) is 11.8 Å². The lowest BCUT2D eigenvalue weighted by molar-refractivity contribution is -0.141. The van der Waals surface area contributed by atoms with Crippen molar-refractivity contribution < 1.29 is 32.3 Å². The van der Waals surface area contributed by atoms with Crippen molar-refractivity contribution in [1.29, 1.82) is 0 Å². The number of nitrogen functional groups attached to an aromatic ring is 1. The van der Waals surface area contributed by atoms with Gasteiger partial charge in [0.2, 0.25) is 21.8 Å². The van der Waals surface area contributed by atoms with Gasteiger partial charge >= 0.3 is 6.09 Å². The molecule has 0 aliphatic heterocycles. The fourth-order valence-corrected chi connectivity index (χ4v) is 6.99. The van der Waals surface area contributed by atoms with Gasteiger partial charge in [0.15, 0.2) is 0 Å². The Balaban J connectivity index is 2.44. The van der Waals surface area contributed by atoms with Crippen molar-refractivity contribution in [2.24, 2.45) is 11.3 Å². The number of sulfonamides is 1. The molecule has 4 N–H and O–H groups in total. The number of carbonyl (C=O) groups is 4. The Labute approximate surface area is 310 Å². The highest BCUT2D eigenvalue weighted by atomic mass is 32.2. The van der Waals surface area contributed by atoms with Crippen molar-refractivity contribution >= 4 is 39.5 Å². The van der Waals surface area contributed by atoms with Crippen LogP contribution in [-0.2, 0) is 40.3 Å². The van der Waals surface area contributed by atoms with E-state index in [1.54, 1.807) is 58.2 Å². The lowest BCUT2D eigenvalue weighted by Crippen LogP contribution is -2.63. The Bertz CT molecular complexity index is 1710. The molecule has 2 rings (SSSR count). The Morgan fingerprint density at radius 2 is 1.40 bits per heavy atom. The van der Waals surface area contributed by atoms with E-state index >= 15 is 0 Å². The summed E-state index contributed by atoms with van der Waals surface area (Å²) in [6.07, 6.45) is 0.858. The number of carbonyl (C=O) groups excluding carboxylic acids is 4. The average molecular weight is 742 g/mol. The summed E-state index contributed by atoms with van der Waals surface area (Å²) in [7, 11) is -0.955. The maximum Gasteiger partial charge on any atom is 0.410 e. The molecule has 0 bridgehead atoms. The number of nitrogens with two attached hydrogens (primary N) is 1. The van der Waals surface area contributed by atoms with Crippen molar-refractivity contribution in [3.63, 3.8) is 0 Å². The first-order valence-corrected chi connectivity index (χ1v) is 19.0. The zero-order valence-electron chi connectivity index (χ0n) is 33.0. The van der Waals surface area contributed by atoms with Crippen molar-refractivity contribution in [1.82, 2.24) is 19.8 Å². The van der Waals surface area contributed by atoms with Crippen LogP contribution in [-0.4, -0.2) is 79.9 Å². The van der Waals surface area contributed by atoms with Gasteiger partial charge in [-0.2, -0.15) is 0 Å². The van der Waals surface area contributed by atoms with Crippen molar-refractivity contribution in [2.75, 3.05) is 19.8 Å². The second kappa shape index (κ2) is 17.0. The molecule has 3 unspecified atom stereocenters. The summed E-state index contributed by atoms with van der Waals surface area (Å²) in [4.78, 5) is 58.0. The summed E-state index contributed by atoms with van der Waals surface area (Å²) < 4.78 is 33.4. The van der Waals surface area contributed by atoms with E-state index < -0.39 is 74.1 Å². The van der Waals surface area contributed by atoms with Gasteiger partial charge in [0, 0.05) is 30.8 Å². The van der Waals surface area contributed by atoms with E-state index in [0.29, 0.717) is 11.3 Å². The number of benzene rings is 2. The fraction of sp³-hybridized carbons (Fsp3) is 0.538. The molecule has 0 saturated carbocycles. The number of hydrogen-bond acceptors (Lipinski definition) is 8. The molecule has 13 heteroatoms. The average Bonchev–Trinajstić information content (AvgIpc) is 3.01. The van der Waals surface area contributed by atoms with Crippen LogP contribution in [0, 0.1) is 11.3 Å². The molecule has 0 fully saturated rings. The summed E-state index contributed by atoms with van der Waals surface area (Å²) >= 11 is 0. The minimum atomic E-state index is -4.04. The first kappa shape index (κ1) is 43.8. The van der Waals surface area contributed by atoms with Gasteiger partial charge in [-0.1, -0.05) is 97.0 Å². The van der Waals surface area contributed by atoms with Crippen LogP contribution in [0.4, 0.5) is 10.5 Å². The predicted molar refractivity (Wildman–Crippen MR) is 205 cm³/mol. The number of rotatable bonds is 13. The maximum absolute atomic E-state index is 14.5. The van der Waals surface area contributed by atoms with Crippen molar-refractivity contribution in [3.8, 4) is 0 Å². The summed E-state index contributed by atoms with van der Waals surface area (Å²) in [6.45, 7) is 19.6. The second-order valence-corrected chi connectivity index (χ2v) is 18.1. The van der Waals surface area contributed by atoms with Crippen LogP contribution in [0.15, 0.2) is 66.2 Å². The summed E-state index contributed by atoms with van der Waals surface area (Å²) in [5.74, 6) is -2.43. The molecule has 2 aromatic rings. The SMILES string of the molecule is C/C(=C\C(C(C)C)N(C)C(=O)C(NC(=O)C(N(C)C(=O)OC(C)(C)C)C(C)(C)c1ccccc1)C(C)(C)C)C(=O)NS(=O)(=O)Cc1ccc(N)cc1. The molecular formula is C39H59N5O7S. The van der Waals surface area contributed by atoms with Crippen molar-refractivity contribution in [3.05, 3.63) is 77.4 Å². The van der Waals surface area contributed by atoms with Crippen LogP contribution in [0.1, 0.15) is 87.3 Å². The molecular weight excluding hydrogens is 683 g/mol. The van der Waals surface area contributed by atoms with E-state index in [1.807, 2.05) is 78.8 Å². The van der Waals surface area contributed by atoms with Gasteiger partial charge in [-0.05, 0) is 62.3 Å². The number of ether oxygens (including phenoxy) is 1. The summed E-state index contributed by atoms with van der Waals surface area (Å²) in [6, 6.07) is 12.8. The molecule has 12 nitrogen and oxygen atoms in total. The van der Waals surface area contributed by atoms with E-state index in [1.165, 1.54) is 23.8 Å². The molecule has 0 aliphatic rings. The molecule has 0 aliphatic carbocycles. The monoisotopic (exact) mass is 741 g/mol. The Morgan fingerprint density at radius 3 is 1.88 bits per heavy atom. The molecule has 52 heavy (non-hydrogen) atoms. The predicted octanol–water partition coefficient (Wildman–Crippen LogP) is 5.39. The summed E-state index contributed by atoms with van der Waals surface area (Å²) in [5, 5.41) is 2.97. The molecule has 0 heterocycles.